The minimum absolute atomic E-state index is 0.813. The first-order valence-electron chi connectivity index (χ1n) is 6.39. The highest BCUT2D eigenvalue weighted by atomic mass is 15.3. The molecule has 0 radical (unpaired) electrons. The SMILES string of the molecule is CCN(CC)CCNc1nnnc2ccccc12. The predicted octanol–water partition coefficient (Wildman–Crippen LogP) is 1.78. The van der Waals surface area contributed by atoms with E-state index in [1.54, 1.807) is 0 Å². The molecule has 0 spiro atoms. The summed E-state index contributed by atoms with van der Waals surface area (Å²) in [7, 11) is 0. The Kier molecular flexibility index (Phi) is 4.41. The third-order valence-corrected chi connectivity index (χ3v) is 3.07. The van der Waals surface area contributed by atoms with Gasteiger partial charge in [-0.25, -0.2) is 0 Å². The molecule has 0 saturated carbocycles. The van der Waals surface area contributed by atoms with Crippen LogP contribution >= 0.6 is 0 Å². The molecule has 18 heavy (non-hydrogen) atoms. The monoisotopic (exact) mass is 245 g/mol. The quantitative estimate of drug-likeness (QED) is 0.840. The van der Waals surface area contributed by atoms with E-state index in [9.17, 15) is 0 Å². The molecule has 0 atom stereocenters. The van der Waals surface area contributed by atoms with E-state index in [-0.39, 0.29) is 0 Å². The molecule has 1 N–H and O–H groups in total. The summed E-state index contributed by atoms with van der Waals surface area (Å²) >= 11 is 0. The molecule has 0 saturated heterocycles. The van der Waals surface area contributed by atoms with Gasteiger partial charge in [0.15, 0.2) is 5.82 Å². The van der Waals surface area contributed by atoms with Gasteiger partial charge in [0.25, 0.3) is 0 Å². The Labute approximate surface area is 107 Å². The van der Waals surface area contributed by atoms with Gasteiger partial charge >= 0.3 is 0 Å². The molecule has 2 rings (SSSR count). The maximum absolute atomic E-state index is 4.06. The van der Waals surface area contributed by atoms with Gasteiger partial charge in [-0.1, -0.05) is 26.0 Å². The minimum Gasteiger partial charge on any atom is -0.367 e. The lowest BCUT2D eigenvalue weighted by atomic mass is 10.2. The Morgan fingerprint density at radius 2 is 1.89 bits per heavy atom. The number of nitrogens with one attached hydrogen (secondary N) is 1. The van der Waals surface area contributed by atoms with Crippen LogP contribution in [-0.2, 0) is 0 Å². The molecule has 0 fully saturated rings. The fourth-order valence-corrected chi connectivity index (χ4v) is 1.93. The second-order valence-corrected chi connectivity index (χ2v) is 4.11. The zero-order chi connectivity index (χ0) is 12.8. The number of rotatable bonds is 6. The smallest absolute Gasteiger partial charge is 0.160 e. The van der Waals surface area contributed by atoms with E-state index in [1.165, 1.54) is 0 Å². The van der Waals surface area contributed by atoms with Crippen molar-refractivity contribution in [1.82, 2.24) is 20.3 Å². The third kappa shape index (κ3) is 2.92. The fourth-order valence-electron chi connectivity index (χ4n) is 1.93. The predicted molar refractivity (Wildman–Crippen MR) is 73.6 cm³/mol. The van der Waals surface area contributed by atoms with Crippen LogP contribution in [0, 0.1) is 0 Å². The van der Waals surface area contributed by atoms with Crippen LogP contribution in [0.25, 0.3) is 10.9 Å². The van der Waals surface area contributed by atoms with Crippen LogP contribution in [0.1, 0.15) is 13.8 Å². The van der Waals surface area contributed by atoms with Gasteiger partial charge in [0, 0.05) is 18.5 Å². The summed E-state index contributed by atoms with van der Waals surface area (Å²) in [5.74, 6) is 0.813. The van der Waals surface area contributed by atoms with Crippen LogP contribution in [-0.4, -0.2) is 46.5 Å². The first kappa shape index (κ1) is 12.7. The molecule has 0 unspecified atom stereocenters. The second-order valence-electron chi connectivity index (χ2n) is 4.11. The molecule has 0 aliphatic heterocycles. The van der Waals surface area contributed by atoms with Crippen molar-refractivity contribution in [1.29, 1.82) is 0 Å². The lowest BCUT2D eigenvalue weighted by molar-refractivity contribution is 0.316. The van der Waals surface area contributed by atoms with Gasteiger partial charge in [-0.2, -0.15) is 0 Å². The minimum atomic E-state index is 0.813. The first-order valence-corrected chi connectivity index (χ1v) is 6.39. The van der Waals surface area contributed by atoms with E-state index in [4.69, 9.17) is 0 Å². The van der Waals surface area contributed by atoms with Gasteiger partial charge < -0.3 is 10.2 Å². The van der Waals surface area contributed by atoms with E-state index in [2.05, 4.69) is 39.5 Å². The van der Waals surface area contributed by atoms with Crippen LogP contribution in [0.5, 0.6) is 0 Å². The van der Waals surface area contributed by atoms with Crippen molar-refractivity contribution >= 4 is 16.7 Å². The third-order valence-electron chi connectivity index (χ3n) is 3.07. The molecular formula is C13H19N5. The van der Waals surface area contributed by atoms with Gasteiger partial charge in [0.1, 0.15) is 0 Å². The van der Waals surface area contributed by atoms with Crippen molar-refractivity contribution in [3.63, 3.8) is 0 Å². The van der Waals surface area contributed by atoms with E-state index in [1.807, 2.05) is 24.3 Å². The normalized spacial score (nSPS) is 11.1. The molecule has 0 bridgehead atoms. The van der Waals surface area contributed by atoms with Crippen molar-refractivity contribution in [2.75, 3.05) is 31.5 Å². The molecule has 0 aliphatic carbocycles. The van der Waals surface area contributed by atoms with Gasteiger partial charge in [0.05, 0.1) is 5.52 Å². The summed E-state index contributed by atoms with van der Waals surface area (Å²) in [6.07, 6.45) is 0. The highest BCUT2D eigenvalue weighted by Gasteiger charge is 2.04. The average molecular weight is 245 g/mol. The maximum atomic E-state index is 4.06. The number of nitrogens with zero attached hydrogens (tertiary/aromatic N) is 4. The van der Waals surface area contributed by atoms with Crippen LogP contribution in [0.2, 0.25) is 0 Å². The summed E-state index contributed by atoms with van der Waals surface area (Å²) < 4.78 is 0. The maximum Gasteiger partial charge on any atom is 0.160 e. The molecule has 1 aromatic carbocycles. The highest BCUT2D eigenvalue weighted by molar-refractivity contribution is 5.88. The van der Waals surface area contributed by atoms with E-state index < -0.39 is 0 Å². The van der Waals surface area contributed by atoms with Gasteiger partial charge in [0.2, 0.25) is 0 Å². The molecule has 96 valence electrons. The summed E-state index contributed by atoms with van der Waals surface area (Å²) in [5.41, 5.74) is 0.873. The molecule has 0 amide bonds. The number of benzene rings is 1. The summed E-state index contributed by atoms with van der Waals surface area (Å²) in [6.45, 7) is 8.36. The number of hydrogen-bond acceptors (Lipinski definition) is 5. The molecule has 5 nitrogen and oxygen atoms in total. The number of anilines is 1. The molecule has 1 heterocycles. The van der Waals surface area contributed by atoms with E-state index in [0.29, 0.717) is 0 Å². The Bertz CT molecular complexity index is 490. The first-order chi connectivity index (χ1) is 8.85. The molecule has 2 aromatic rings. The molecule has 1 aromatic heterocycles. The summed E-state index contributed by atoms with van der Waals surface area (Å²) in [6, 6.07) is 7.90. The Balaban J connectivity index is 2.03. The lowest BCUT2D eigenvalue weighted by Crippen LogP contribution is -2.28. The number of aromatic nitrogens is 3. The van der Waals surface area contributed by atoms with Crippen molar-refractivity contribution in [3.05, 3.63) is 24.3 Å². The fraction of sp³-hybridized carbons (Fsp3) is 0.462. The molecular weight excluding hydrogens is 226 g/mol. The van der Waals surface area contributed by atoms with Crippen molar-refractivity contribution < 1.29 is 0 Å². The van der Waals surface area contributed by atoms with Crippen LogP contribution in [0.3, 0.4) is 0 Å². The number of likely N-dealkylation sites (N-methyl/N-ethyl adjacent to an activating group) is 1. The van der Waals surface area contributed by atoms with Gasteiger partial charge in [-0.15, -0.1) is 10.2 Å². The van der Waals surface area contributed by atoms with Crippen LogP contribution < -0.4 is 5.32 Å². The molecule has 0 aliphatic rings. The zero-order valence-electron chi connectivity index (χ0n) is 10.9. The zero-order valence-corrected chi connectivity index (χ0v) is 10.9. The van der Waals surface area contributed by atoms with Crippen molar-refractivity contribution in [3.8, 4) is 0 Å². The Morgan fingerprint density at radius 1 is 1.11 bits per heavy atom. The lowest BCUT2D eigenvalue weighted by Gasteiger charge is -2.18. The Hall–Kier alpha value is -1.75. The van der Waals surface area contributed by atoms with E-state index >= 15 is 0 Å². The highest BCUT2D eigenvalue weighted by Crippen LogP contribution is 2.16. The molecule has 5 heteroatoms. The standard InChI is InChI=1S/C13H19N5/c1-3-18(4-2)10-9-14-13-11-7-5-6-8-12(11)15-17-16-13/h5-8H,3-4,9-10H2,1-2H3,(H,14,15,16). The van der Waals surface area contributed by atoms with Gasteiger partial charge in [-0.3, -0.25) is 0 Å². The van der Waals surface area contributed by atoms with Crippen LogP contribution in [0.15, 0.2) is 24.3 Å². The number of hydrogen-bond donors (Lipinski definition) is 1. The van der Waals surface area contributed by atoms with Crippen molar-refractivity contribution in [2.45, 2.75) is 13.8 Å². The average Bonchev–Trinajstić information content (AvgIpc) is 2.44. The van der Waals surface area contributed by atoms with Crippen molar-refractivity contribution in [2.24, 2.45) is 0 Å². The summed E-state index contributed by atoms with van der Waals surface area (Å²) in [5, 5.41) is 16.2. The second kappa shape index (κ2) is 6.26. The van der Waals surface area contributed by atoms with Gasteiger partial charge in [-0.05, 0) is 30.4 Å². The number of fused-ring (bicyclic) bond motifs is 1. The van der Waals surface area contributed by atoms with Crippen LogP contribution in [0.4, 0.5) is 5.82 Å². The topological polar surface area (TPSA) is 53.9 Å². The Morgan fingerprint density at radius 3 is 2.67 bits per heavy atom. The summed E-state index contributed by atoms with van der Waals surface area (Å²) in [4.78, 5) is 2.36. The van der Waals surface area contributed by atoms with E-state index in [0.717, 1.165) is 42.9 Å². The largest absolute Gasteiger partial charge is 0.367 e.